The third-order valence-corrected chi connectivity index (χ3v) is 5.58. The van der Waals surface area contributed by atoms with Crippen LogP contribution < -0.4 is 5.32 Å². The number of aromatic nitrogens is 1. The van der Waals surface area contributed by atoms with Crippen molar-refractivity contribution in [3.8, 4) is 0 Å². The first-order chi connectivity index (χ1) is 12.5. The largest absolute Gasteiger partial charge is 0.350 e. The number of fused-ring (bicyclic) bond motifs is 1. The molecule has 0 aliphatic heterocycles. The van der Waals surface area contributed by atoms with E-state index in [1.165, 1.54) is 0 Å². The zero-order valence-electron chi connectivity index (χ0n) is 15.4. The molecular weight excluding hydrogens is 350 g/mol. The molecule has 1 aliphatic carbocycles. The summed E-state index contributed by atoms with van der Waals surface area (Å²) in [5, 5.41) is 4.62. The molecule has 0 radical (unpaired) electrons. The zero-order valence-corrected chi connectivity index (χ0v) is 16.2. The maximum atomic E-state index is 13.1. The summed E-state index contributed by atoms with van der Waals surface area (Å²) in [7, 11) is 0. The van der Waals surface area contributed by atoms with Gasteiger partial charge in [0.2, 0.25) is 5.91 Å². The van der Waals surface area contributed by atoms with E-state index in [-0.39, 0.29) is 11.8 Å². The summed E-state index contributed by atoms with van der Waals surface area (Å²) in [6.07, 6.45) is 4.40. The first-order valence-corrected chi connectivity index (χ1v) is 9.77. The minimum atomic E-state index is -0.795. The standard InChI is InChI=1S/C20H26ClN3O2/c1-3-24(4-2)19(26)20(10-6-5-7-11-20)23-18(25)17-12-14-8-9-15(21)13-16(14)22-17/h8-9,12-13,22H,3-7,10-11H2,1-2H3,(H,23,25). The second kappa shape index (κ2) is 7.70. The van der Waals surface area contributed by atoms with Gasteiger partial charge in [0, 0.05) is 29.0 Å². The molecule has 1 saturated carbocycles. The van der Waals surface area contributed by atoms with Crippen LogP contribution in [0.15, 0.2) is 24.3 Å². The van der Waals surface area contributed by atoms with Crippen LogP contribution in [-0.2, 0) is 4.79 Å². The van der Waals surface area contributed by atoms with Crippen LogP contribution in [-0.4, -0.2) is 40.3 Å². The molecule has 0 atom stereocenters. The highest BCUT2D eigenvalue weighted by Gasteiger charge is 2.43. The Hall–Kier alpha value is -2.01. The molecule has 1 aliphatic rings. The van der Waals surface area contributed by atoms with E-state index in [0.29, 0.717) is 36.6 Å². The fraction of sp³-hybridized carbons (Fsp3) is 0.500. The molecule has 2 N–H and O–H groups in total. The Labute approximate surface area is 159 Å². The summed E-state index contributed by atoms with van der Waals surface area (Å²) in [4.78, 5) is 31.0. The van der Waals surface area contributed by atoms with Crippen molar-refractivity contribution in [2.75, 3.05) is 13.1 Å². The average Bonchev–Trinajstić information content (AvgIpc) is 3.06. The Morgan fingerprint density at radius 1 is 1.15 bits per heavy atom. The second-order valence-electron chi connectivity index (χ2n) is 6.99. The predicted octanol–water partition coefficient (Wildman–Crippen LogP) is 4.12. The molecule has 0 saturated heterocycles. The quantitative estimate of drug-likeness (QED) is 0.825. The normalized spacial score (nSPS) is 16.4. The van der Waals surface area contributed by atoms with Crippen LogP contribution in [0, 0.1) is 0 Å². The van der Waals surface area contributed by atoms with Crippen LogP contribution in [0.3, 0.4) is 0 Å². The monoisotopic (exact) mass is 375 g/mol. The van der Waals surface area contributed by atoms with Gasteiger partial charge in [0.15, 0.2) is 0 Å². The van der Waals surface area contributed by atoms with Gasteiger partial charge in [-0.05, 0) is 44.9 Å². The summed E-state index contributed by atoms with van der Waals surface area (Å²) in [6, 6.07) is 7.28. The Balaban J connectivity index is 1.87. The molecule has 3 rings (SSSR count). The molecule has 6 heteroatoms. The number of carbonyl (C=O) groups excluding carboxylic acids is 2. The molecular formula is C20H26ClN3O2. The molecule has 0 spiro atoms. The second-order valence-corrected chi connectivity index (χ2v) is 7.43. The number of halogens is 1. The number of rotatable bonds is 5. The van der Waals surface area contributed by atoms with E-state index in [1.54, 1.807) is 18.2 Å². The summed E-state index contributed by atoms with van der Waals surface area (Å²) in [6.45, 7) is 5.25. The lowest BCUT2D eigenvalue weighted by Crippen LogP contribution is -2.60. The first kappa shape index (κ1) is 18.8. The molecule has 140 valence electrons. The van der Waals surface area contributed by atoms with Gasteiger partial charge in [-0.1, -0.05) is 36.9 Å². The van der Waals surface area contributed by atoms with Crippen molar-refractivity contribution in [3.05, 3.63) is 35.0 Å². The Morgan fingerprint density at radius 3 is 2.50 bits per heavy atom. The van der Waals surface area contributed by atoms with E-state index >= 15 is 0 Å². The van der Waals surface area contributed by atoms with E-state index in [1.807, 2.05) is 24.8 Å². The highest BCUT2D eigenvalue weighted by atomic mass is 35.5. The number of benzene rings is 1. The Morgan fingerprint density at radius 2 is 1.85 bits per heavy atom. The van der Waals surface area contributed by atoms with Gasteiger partial charge in [-0.15, -0.1) is 0 Å². The van der Waals surface area contributed by atoms with Gasteiger partial charge < -0.3 is 15.2 Å². The minimum absolute atomic E-state index is 0.0368. The molecule has 1 aromatic heterocycles. The highest BCUT2D eigenvalue weighted by molar-refractivity contribution is 6.31. The van der Waals surface area contributed by atoms with Gasteiger partial charge >= 0.3 is 0 Å². The van der Waals surface area contributed by atoms with Crippen LogP contribution in [0.1, 0.15) is 56.4 Å². The smallest absolute Gasteiger partial charge is 0.268 e. The van der Waals surface area contributed by atoms with Gasteiger partial charge in [0.05, 0.1) is 0 Å². The average molecular weight is 376 g/mol. The van der Waals surface area contributed by atoms with Gasteiger partial charge in [0.25, 0.3) is 5.91 Å². The van der Waals surface area contributed by atoms with E-state index in [9.17, 15) is 9.59 Å². The number of hydrogen-bond acceptors (Lipinski definition) is 2. The van der Waals surface area contributed by atoms with Gasteiger partial charge in [-0.2, -0.15) is 0 Å². The number of hydrogen-bond donors (Lipinski definition) is 2. The number of carbonyl (C=O) groups is 2. The fourth-order valence-electron chi connectivity index (χ4n) is 3.87. The summed E-state index contributed by atoms with van der Waals surface area (Å²) in [5.74, 6) is -0.200. The highest BCUT2D eigenvalue weighted by Crippen LogP contribution is 2.31. The summed E-state index contributed by atoms with van der Waals surface area (Å²) >= 11 is 6.02. The van der Waals surface area contributed by atoms with Crippen molar-refractivity contribution in [1.29, 1.82) is 0 Å². The zero-order chi connectivity index (χ0) is 18.7. The number of nitrogens with one attached hydrogen (secondary N) is 2. The third kappa shape index (κ3) is 3.58. The topological polar surface area (TPSA) is 65.2 Å². The van der Waals surface area contributed by atoms with Crippen molar-refractivity contribution in [2.24, 2.45) is 0 Å². The first-order valence-electron chi connectivity index (χ1n) is 9.39. The Kier molecular flexibility index (Phi) is 5.56. The summed E-state index contributed by atoms with van der Waals surface area (Å²) in [5.41, 5.74) is 0.478. The lowest BCUT2D eigenvalue weighted by Gasteiger charge is -2.39. The van der Waals surface area contributed by atoms with Crippen molar-refractivity contribution >= 4 is 34.3 Å². The Bertz CT molecular complexity index is 804. The van der Waals surface area contributed by atoms with Crippen molar-refractivity contribution in [3.63, 3.8) is 0 Å². The minimum Gasteiger partial charge on any atom is -0.350 e. The predicted molar refractivity (Wildman–Crippen MR) is 105 cm³/mol. The van der Waals surface area contributed by atoms with Crippen molar-refractivity contribution < 1.29 is 9.59 Å². The van der Waals surface area contributed by atoms with Crippen LogP contribution in [0.2, 0.25) is 5.02 Å². The van der Waals surface area contributed by atoms with Crippen molar-refractivity contribution in [2.45, 2.75) is 51.5 Å². The molecule has 0 bridgehead atoms. The number of aromatic amines is 1. The van der Waals surface area contributed by atoms with Gasteiger partial charge in [-0.25, -0.2) is 0 Å². The van der Waals surface area contributed by atoms with Crippen LogP contribution in [0.5, 0.6) is 0 Å². The number of likely N-dealkylation sites (N-methyl/N-ethyl adjacent to an activating group) is 1. The van der Waals surface area contributed by atoms with Gasteiger partial charge in [-0.3, -0.25) is 9.59 Å². The molecule has 1 aromatic carbocycles. The molecule has 2 amide bonds. The number of amides is 2. The van der Waals surface area contributed by atoms with Gasteiger partial charge in [0.1, 0.15) is 11.2 Å². The third-order valence-electron chi connectivity index (χ3n) is 5.35. The van der Waals surface area contributed by atoms with E-state index in [4.69, 9.17) is 11.6 Å². The van der Waals surface area contributed by atoms with E-state index in [2.05, 4.69) is 10.3 Å². The van der Waals surface area contributed by atoms with E-state index in [0.717, 1.165) is 30.2 Å². The summed E-state index contributed by atoms with van der Waals surface area (Å²) < 4.78 is 0. The lowest BCUT2D eigenvalue weighted by atomic mass is 9.80. The molecule has 1 heterocycles. The van der Waals surface area contributed by atoms with Crippen LogP contribution in [0.25, 0.3) is 10.9 Å². The van der Waals surface area contributed by atoms with Crippen LogP contribution in [0.4, 0.5) is 0 Å². The van der Waals surface area contributed by atoms with E-state index < -0.39 is 5.54 Å². The molecule has 2 aromatic rings. The number of nitrogens with zero attached hydrogens (tertiary/aromatic N) is 1. The molecule has 5 nitrogen and oxygen atoms in total. The molecule has 1 fully saturated rings. The SMILES string of the molecule is CCN(CC)C(=O)C1(NC(=O)c2cc3ccc(Cl)cc3[nH]2)CCCCC1. The molecule has 0 unspecified atom stereocenters. The fourth-order valence-corrected chi connectivity index (χ4v) is 4.04. The van der Waals surface area contributed by atoms with Crippen molar-refractivity contribution in [1.82, 2.24) is 15.2 Å². The molecule has 26 heavy (non-hydrogen) atoms. The lowest BCUT2D eigenvalue weighted by molar-refractivity contribution is -0.139. The number of H-pyrrole nitrogens is 1. The maximum absolute atomic E-state index is 13.1. The maximum Gasteiger partial charge on any atom is 0.268 e. The van der Waals surface area contributed by atoms with Crippen LogP contribution >= 0.6 is 11.6 Å².